The molecule has 0 radical (unpaired) electrons. The van der Waals surface area contributed by atoms with E-state index in [-0.39, 0.29) is 16.5 Å². The quantitative estimate of drug-likeness (QED) is 0.0634. The summed E-state index contributed by atoms with van der Waals surface area (Å²) in [4.78, 5) is 40.3. The molecule has 1 fully saturated rings. The number of hydrogen-bond acceptors (Lipinski definition) is 9. The van der Waals surface area contributed by atoms with E-state index in [2.05, 4.69) is 10.2 Å². The molecule has 1 unspecified atom stereocenters. The summed E-state index contributed by atoms with van der Waals surface area (Å²) < 4.78 is 5.38. The fourth-order valence-electron chi connectivity index (χ4n) is 4.51. The molecule has 1 saturated heterocycles. The van der Waals surface area contributed by atoms with Crippen molar-refractivity contribution >= 4 is 63.3 Å². The molecular weight excluding hydrogens is 582 g/mol. The molecule has 11 heteroatoms. The number of methoxy groups -OCH3 is 1. The SMILES string of the molecule is COC(=O)c1ccc(C2C(=C(O)c3cc(C)ccc3C)C(=O)C(=O)N2c2nnc(SCc3ccccc3Cl)s2)cc1. The van der Waals surface area contributed by atoms with Gasteiger partial charge in [0.1, 0.15) is 5.76 Å². The molecule has 0 bridgehead atoms. The zero-order valence-corrected chi connectivity index (χ0v) is 24.6. The van der Waals surface area contributed by atoms with Gasteiger partial charge in [0.05, 0.1) is 24.3 Å². The molecule has 41 heavy (non-hydrogen) atoms. The monoisotopic (exact) mass is 605 g/mol. The van der Waals surface area contributed by atoms with E-state index in [0.29, 0.717) is 31.8 Å². The summed E-state index contributed by atoms with van der Waals surface area (Å²) in [7, 11) is 1.28. The predicted octanol–water partition coefficient (Wildman–Crippen LogP) is 6.51. The number of rotatable bonds is 7. The van der Waals surface area contributed by atoms with Gasteiger partial charge in [-0.3, -0.25) is 14.5 Å². The average Bonchev–Trinajstić information content (AvgIpc) is 3.55. The first-order chi connectivity index (χ1) is 19.7. The molecule has 3 aromatic carbocycles. The van der Waals surface area contributed by atoms with Crippen LogP contribution in [0.4, 0.5) is 5.13 Å². The third kappa shape index (κ3) is 5.63. The number of hydrogen-bond donors (Lipinski definition) is 1. The highest BCUT2D eigenvalue weighted by molar-refractivity contribution is 8.00. The van der Waals surface area contributed by atoms with Gasteiger partial charge in [-0.15, -0.1) is 10.2 Å². The largest absolute Gasteiger partial charge is 0.507 e. The number of carbonyl (C=O) groups excluding carboxylic acids is 3. The van der Waals surface area contributed by atoms with Gasteiger partial charge in [0.2, 0.25) is 5.13 Å². The number of Topliss-reactive ketones (excluding diaryl/α,β-unsaturated/α-hetero) is 1. The predicted molar refractivity (Wildman–Crippen MR) is 159 cm³/mol. The van der Waals surface area contributed by atoms with Gasteiger partial charge in [0.15, 0.2) is 4.34 Å². The third-order valence-corrected chi connectivity index (χ3v) is 9.12. The molecule has 0 saturated carbocycles. The highest BCUT2D eigenvalue weighted by atomic mass is 35.5. The van der Waals surface area contributed by atoms with Gasteiger partial charge < -0.3 is 9.84 Å². The standard InChI is InChI=1S/C30H24ClN3O5S2/c1-16-8-9-17(2)21(14-16)25(35)23-24(18-10-12-19(13-11-18)28(38)39-3)34(27(37)26(23)36)29-32-33-30(41-29)40-15-20-6-4-5-7-22(20)31/h4-14,24,35H,15H2,1-3H3. The number of amides is 1. The number of esters is 1. The van der Waals surface area contributed by atoms with Crippen molar-refractivity contribution < 1.29 is 24.2 Å². The van der Waals surface area contributed by atoms with E-state index in [1.807, 2.05) is 50.2 Å². The Bertz CT molecular complexity index is 1700. The first kappa shape index (κ1) is 28.5. The molecule has 1 atom stereocenters. The van der Waals surface area contributed by atoms with Crippen LogP contribution in [0.3, 0.4) is 0 Å². The van der Waals surface area contributed by atoms with Gasteiger partial charge in [-0.25, -0.2) is 4.79 Å². The van der Waals surface area contributed by atoms with Crippen molar-refractivity contribution in [3.8, 4) is 0 Å². The van der Waals surface area contributed by atoms with Crippen LogP contribution in [0.1, 0.15) is 44.2 Å². The Morgan fingerprint density at radius 3 is 2.51 bits per heavy atom. The summed E-state index contributed by atoms with van der Waals surface area (Å²) in [6.07, 6.45) is 0. The lowest BCUT2D eigenvalue weighted by Gasteiger charge is -2.23. The zero-order valence-electron chi connectivity index (χ0n) is 22.3. The summed E-state index contributed by atoms with van der Waals surface area (Å²) in [5.41, 5.74) is 3.74. The Hall–Kier alpha value is -3.99. The minimum atomic E-state index is -1.00. The van der Waals surface area contributed by atoms with E-state index in [9.17, 15) is 19.5 Å². The Morgan fingerprint density at radius 1 is 1.07 bits per heavy atom. The number of aliphatic hydroxyl groups is 1. The van der Waals surface area contributed by atoms with Gasteiger partial charge in [-0.1, -0.05) is 82.7 Å². The number of carbonyl (C=O) groups is 3. The number of ether oxygens (including phenoxy) is 1. The lowest BCUT2D eigenvalue weighted by molar-refractivity contribution is -0.132. The minimum absolute atomic E-state index is 0.0741. The molecule has 1 aromatic heterocycles. The maximum Gasteiger partial charge on any atom is 0.337 e. The van der Waals surface area contributed by atoms with Crippen molar-refractivity contribution in [2.45, 2.75) is 30.0 Å². The van der Waals surface area contributed by atoms with Gasteiger partial charge in [0.25, 0.3) is 5.78 Å². The van der Waals surface area contributed by atoms with E-state index < -0.39 is 23.7 Å². The van der Waals surface area contributed by atoms with Crippen LogP contribution >= 0.6 is 34.7 Å². The Morgan fingerprint density at radius 2 is 1.80 bits per heavy atom. The van der Waals surface area contributed by atoms with Crippen LogP contribution in [0.5, 0.6) is 0 Å². The molecule has 208 valence electrons. The van der Waals surface area contributed by atoms with Crippen molar-refractivity contribution in [3.63, 3.8) is 0 Å². The number of aliphatic hydroxyl groups excluding tert-OH is 1. The fourth-order valence-corrected chi connectivity index (χ4v) is 6.67. The third-order valence-electron chi connectivity index (χ3n) is 6.65. The first-order valence-corrected chi connectivity index (χ1v) is 14.6. The molecule has 8 nitrogen and oxygen atoms in total. The average molecular weight is 606 g/mol. The number of benzene rings is 3. The Labute approximate surface area is 249 Å². The number of aryl methyl sites for hydroxylation is 2. The number of nitrogens with zero attached hydrogens (tertiary/aromatic N) is 3. The summed E-state index contributed by atoms with van der Waals surface area (Å²) in [6, 6.07) is 18.3. The molecular formula is C30H24ClN3O5S2. The van der Waals surface area contributed by atoms with Crippen LogP contribution in [0.2, 0.25) is 5.02 Å². The van der Waals surface area contributed by atoms with Crippen LogP contribution in [0.15, 0.2) is 76.6 Å². The van der Waals surface area contributed by atoms with E-state index in [1.54, 1.807) is 30.3 Å². The second-order valence-electron chi connectivity index (χ2n) is 9.33. The lowest BCUT2D eigenvalue weighted by atomic mass is 9.93. The summed E-state index contributed by atoms with van der Waals surface area (Å²) in [5, 5.41) is 20.8. The number of ketones is 1. The highest BCUT2D eigenvalue weighted by Crippen LogP contribution is 2.44. The van der Waals surface area contributed by atoms with Crippen molar-refractivity contribution in [1.82, 2.24) is 10.2 Å². The van der Waals surface area contributed by atoms with Crippen LogP contribution in [-0.2, 0) is 20.1 Å². The molecule has 1 aliphatic rings. The van der Waals surface area contributed by atoms with Gasteiger partial charge in [-0.05, 0) is 54.8 Å². The normalized spacial score (nSPS) is 16.3. The Kier molecular flexibility index (Phi) is 8.25. The maximum absolute atomic E-state index is 13.5. The smallest absolute Gasteiger partial charge is 0.337 e. The van der Waals surface area contributed by atoms with E-state index in [4.69, 9.17) is 16.3 Å². The molecule has 0 spiro atoms. The lowest BCUT2D eigenvalue weighted by Crippen LogP contribution is -2.29. The van der Waals surface area contributed by atoms with Crippen molar-refractivity contribution in [3.05, 3.63) is 111 Å². The van der Waals surface area contributed by atoms with E-state index >= 15 is 0 Å². The van der Waals surface area contributed by atoms with Crippen LogP contribution in [0.25, 0.3) is 5.76 Å². The summed E-state index contributed by atoms with van der Waals surface area (Å²) in [5.74, 6) is -1.95. The van der Waals surface area contributed by atoms with Crippen molar-refractivity contribution in [2.75, 3.05) is 12.0 Å². The van der Waals surface area contributed by atoms with Crippen LogP contribution in [0, 0.1) is 13.8 Å². The molecule has 1 N–H and O–H groups in total. The Balaban J connectivity index is 1.58. The molecule has 5 rings (SSSR count). The van der Waals surface area contributed by atoms with Gasteiger partial charge >= 0.3 is 11.9 Å². The molecule has 1 aliphatic heterocycles. The summed E-state index contributed by atoms with van der Waals surface area (Å²) >= 11 is 8.85. The first-order valence-electron chi connectivity index (χ1n) is 12.5. The number of anilines is 1. The van der Waals surface area contributed by atoms with Gasteiger partial charge in [0, 0.05) is 16.3 Å². The zero-order chi connectivity index (χ0) is 29.3. The van der Waals surface area contributed by atoms with Crippen LogP contribution in [-0.4, -0.2) is 40.1 Å². The maximum atomic E-state index is 13.5. The minimum Gasteiger partial charge on any atom is -0.507 e. The van der Waals surface area contributed by atoms with Gasteiger partial charge in [-0.2, -0.15) is 0 Å². The van der Waals surface area contributed by atoms with E-state index in [1.165, 1.54) is 23.8 Å². The molecule has 1 amide bonds. The topological polar surface area (TPSA) is 110 Å². The molecule has 4 aromatic rings. The molecule has 2 heterocycles. The number of halogens is 1. The van der Waals surface area contributed by atoms with Crippen molar-refractivity contribution in [2.24, 2.45) is 0 Å². The summed E-state index contributed by atoms with van der Waals surface area (Å²) in [6.45, 7) is 3.69. The van der Waals surface area contributed by atoms with Crippen LogP contribution < -0.4 is 4.90 Å². The molecule has 0 aliphatic carbocycles. The highest BCUT2D eigenvalue weighted by Gasteiger charge is 2.48. The number of aromatic nitrogens is 2. The number of thioether (sulfide) groups is 1. The second kappa shape index (κ2) is 11.9. The van der Waals surface area contributed by atoms with E-state index in [0.717, 1.165) is 28.0 Å². The van der Waals surface area contributed by atoms with Crippen molar-refractivity contribution in [1.29, 1.82) is 0 Å². The fraction of sp³-hybridized carbons (Fsp3) is 0.167. The second-order valence-corrected chi connectivity index (χ2v) is 11.9.